The smallest absolute Gasteiger partial charge is 0.319 e. The van der Waals surface area contributed by atoms with E-state index in [-0.39, 0.29) is 18.7 Å². The number of ether oxygens (including phenoxy) is 1. The summed E-state index contributed by atoms with van der Waals surface area (Å²) in [7, 11) is 1.65. The van der Waals surface area contributed by atoms with E-state index in [1.54, 1.807) is 7.11 Å². The Hall–Kier alpha value is -2.53. The van der Waals surface area contributed by atoms with Crippen molar-refractivity contribution < 1.29 is 14.6 Å². The van der Waals surface area contributed by atoms with Crippen LogP contribution < -0.4 is 15.4 Å². The van der Waals surface area contributed by atoms with Crippen molar-refractivity contribution in [2.75, 3.05) is 19.0 Å². The van der Waals surface area contributed by atoms with Gasteiger partial charge < -0.3 is 20.5 Å². The third kappa shape index (κ3) is 6.12. The van der Waals surface area contributed by atoms with Gasteiger partial charge in [-0.1, -0.05) is 30.3 Å². The summed E-state index contributed by atoms with van der Waals surface area (Å²) in [6.45, 7) is 2.05. The molecule has 1 atom stereocenters. The van der Waals surface area contributed by atoms with Crippen LogP contribution in [0.2, 0.25) is 0 Å². The number of carbonyl (C=O) groups excluding carboxylic acids is 1. The third-order valence-corrected chi connectivity index (χ3v) is 3.95. The van der Waals surface area contributed by atoms with Gasteiger partial charge in [0, 0.05) is 30.3 Å². The number of nitrogens with one attached hydrogen (secondary N) is 2. The SMILES string of the molecule is COc1ccc(NC(=O)NC(C)CCCO)cc1Cc1ccccc1. The van der Waals surface area contributed by atoms with E-state index in [0.29, 0.717) is 6.42 Å². The minimum absolute atomic E-state index is 0.00851. The molecule has 2 rings (SSSR count). The molecule has 2 amide bonds. The number of urea groups is 1. The summed E-state index contributed by atoms with van der Waals surface area (Å²) in [5.74, 6) is 0.797. The monoisotopic (exact) mass is 342 g/mol. The van der Waals surface area contributed by atoms with Gasteiger partial charge in [0.1, 0.15) is 5.75 Å². The molecule has 0 radical (unpaired) electrons. The number of methoxy groups -OCH3 is 1. The average Bonchev–Trinajstić information content (AvgIpc) is 2.61. The first-order chi connectivity index (χ1) is 12.1. The lowest BCUT2D eigenvalue weighted by atomic mass is 10.0. The van der Waals surface area contributed by atoms with Crippen molar-refractivity contribution in [3.05, 3.63) is 59.7 Å². The van der Waals surface area contributed by atoms with Crippen LogP contribution in [0.5, 0.6) is 5.75 Å². The predicted molar refractivity (Wildman–Crippen MR) is 100 cm³/mol. The number of benzene rings is 2. The van der Waals surface area contributed by atoms with Gasteiger partial charge in [-0.25, -0.2) is 4.79 Å². The van der Waals surface area contributed by atoms with Gasteiger partial charge >= 0.3 is 6.03 Å². The van der Waals surface area contributed by atoms with Crippen LogP contribution in [0.1, 0.15) is 30.9 Å². The number of hydrogen-bond donors (Lipinski definition) is 3. The summed E-state index contributed by atoms with van der Waals surface area (Å²) in [6.07, 6.45) is 2.14. The molecular formula is C20H26N2O3. The molecule has 0 aliphatic heterocycles. The molecule has 5 nitrogen and oxygen atoms in total. The molecule has 3 N–H and O–H groups in total. The summed E-state index contributed by atoms with van der Waals surface area (Å²) in [4.78, 5) is 12.1. The van der Waals surface area contributed by atoms with Gasteiger partial charge in [-0.05, 0) is 43.5 Å². The van der Waals surface area contributed by atoms with Crippen molar-refractivity contribution in [1.82, 2.24) is 5.32 Å². The van der Waals surface area contributed by atoms with Crippen molar-refractivity contribution in [1.29, 1.82) is 0 Å². The molecule has 0 saturated heterocycles. The molecule has 0 heterocycles. The second-order valence-electron chi connectivity index (χ2n) is 6.05. The standard InChI is InChI=1S/C20H26N2O3/c1-15(7-6-12-23)21-20(24)22-18-10-11-19(25-2)17(14-18)13-16-8-4-3-5-9-16/h3-5,8-11,14-15,23H,6-7,12-13H2,1-2H3,(H2,21,22,24). The average molecular weight is 342 g/mol. The number of hydrogen-bond acceptors (Lipinski definition) is 3. The first-order valence-electron chi connectivity index (χ1n) is 8.51. The van der Waals surface area contributed by atoms with Crippen LogP contribution in [0, 0.1) is 0 Å². The van der Waals surface area contributed by atoms with Crippen LogP contribution in [0.25, 0.3) is 0 Å². The van der Waals surface area contributed by atoms with Crippen molar-refractivity contribution in [3.63, 3.8) is 0 Å². The normalized spacial score (nSPS) is 11.6. The van der Waals surface area contributed by atoms with E-state index < -0.39 is 0 Å². The highest BCUT2D eigenvalue weighted by Crippen LogP contribution is 2.25. The van der Waals surface area contributed by atoms with Gasteiger partial charge in [-0.2, -0.15) is 0 Å². The van der Waals surface area contributed by atoms with Crippen LogP contribution in [-0.2, 0) is 6.42 Å². The molecule has 2 aromatic rings. The molecule has 5 heteroatoms. The molecule has 25 heavy (non-hydrogen) atoms. The lowest BCUT2D eigenvalue weighted by molar-refractivity contribution is 0.245. The van der Waals surface area contributed by atoms with Crippen LogP contribution in [0.15, 0.2) is 48.5 Å². The number of aliphatic hydroxyl groups is 1. The maximum Gasteiger partial charge on any atom is 0.319 e. The Morgan fingerprint density at radius 1 is 1.20 bits per heavy atom. The zero-order chi connectivity index (χ0) is 18.1. The Balaban J connectivity index is 2.04. The molecule has 0 bridgehead atoms. The lowest BCUT2D eigenvalue weighted by Gasteiger charge is -2.15. The van der Waals surface area contributed by atoms with E-state index in [4.69, 9.17) is 9.84 Å². The zero-order valence-corrected chi connectivity index (χ0v) is 14.8. The molecule has 134 valence electrons. The van der Waals surface area contributed by atoms with Gasteiger partial charge in [0.25, 0.3) is 0 Å². The molecule has 0 fully saturated rings. The van der Waals surface area contributed by atoms with Crippen LogP contribution in [0.3, 0.4) is 0 Å². The summed E-state index contributed by atoms with van der Waals surface area (Å²) in [5.41, 5.74) is 2.92. The Kier molecular flexibility index (Phi) is 7.29. The van der Waals surface area contributed by atoms with Gasteiger partial charge in [0.15, 0.2) is 0 Å². The van der Waals surface area contributed by atoms with Crippen molar-refractivity contribution in [2.45, 2.75) is 32.2 Å². The van der Waals surface area contributed by atoms with E-state index in [1.165, 1.54) is 5.56 Å². The van der Waals surface area contributed by atoms with E-state index in [1.807, 2.05) is 43.3 Å². The van der Waals surface area contributed by atoms with E-state index in [0.717, 1.165) is 29.8 Å². The Bertz CT molecular complexity index is 674. The number of carbonyl (C=O) groups is 1. The Morgan fingerprint density at radius 3 is 2.64 bits per heavy atom. The molecule has 0 saturated carbocycles. The first kappa shape index (κ1) is 18.8. The third-order valence-electron chi connectivity index (χ3n) is 3.95. The summed E-state index contributed by atoms with van der Waals surface area (Å²) in [5, 5.41) is 14.6. The molecule has 0 spiro atoms. The maximum atomic E-state index is 12.1. The maximum absolute atomic E-state index is 12.1. The van der Waals surface area contributed by atoms with Crippen LogP contribution in [-0.4, -0.2) is 30.9 Å². The summed E-state index contributed by atoms with van der Waals surface area (Å²) >= 11 is 0. The number of amides is 2. The highest BCUT2D eigenvalue weighted by Gasteiger charge is 2.10. The molecule has 0 aliphatic rings. The largest absolute Gasteiger partial charge is 0.496 e. The second kappa shape index (κ2) is 9.69. The second-order valence-corrected chi connectivity index (χ2v) is 6.05. The van der Waals surface area contributed by atoms with Gasteiger partial charge in [0.2, 0.25) is 0 Å². The minimum atomic E-state index is -0.249. The minimum Gasteiger partial charge on any atom is -0.496 e. The molecule has 0 aromatic heterocycles. The number of anilines is 1. The number of rotatable bonds is 8. The van der Waals surface area contributed by atoms with Crippen LogP contribution >= 0.6 is 0 Å². The lowest BCUT2D eigenvalue weighted by Crippen LogP contribution is -2.36. The van der Waals surface area contributed by atoms with E-state index >= 15 is 0 Å². The first-order valence-corrected chi connectivity index (χ1v) is 8.51. The highest BCUT2D eigenvalue weighted by molar-refractivity contribution is 5.89. The zero-order valence-electron chi connectivity index (χ0n) is 14.8. The Labute approximate surface area is 149 Å². The van der Waals surface area contributed by atoms with E-state index in [2.05, 4.69) is 22.8 Å². The van der Waals surface area contributed by atoms with Gasteiger partial charge in [0.05, 0.1) is 7.11 Å². The van der Waals surface area contributed by atoms with E-state index in [9.17, 15) is 4.79 Å². The fourth-order valence-corrected chi connectivity index (χ4v) is 2.67. The molecule has 1 unspecified atom stereocenters. The molecular weight excluding hydrogens is 316 g/mol. The highest BCUT2D eigenvalue weighted by atomic mass is 16.5. The summed E-state index contributed by atoms with van der Waals surface area (Å²) < 4.78 is 5.43. The summed E-state index contributed by atoms with van der Waals surface area (Å²) in [6, 6.07) is 15.5. The fourth-order valence-electron chi connectivity index (χ4n) is 2.67. The molecule has 2 aromatic carbocycles. The van der Waals surface area contributed by atoms with Crippen molar-refractivity contribution in [2.24, 2.45) is 0 Å². The van der Waals surface area contributed by atoms with Gasteiger partial charge in [-0.3, -0.25) is 0 Å². The van der Waals surface area contributed by atoms with Crippen molar-refractivity contribution in [3.8, 4) is 5.75 Å². The quantitative estimate of drug-likeness (QED) is 0.687. The fraction of sp³-hybridized carbons (Fsp3) is 0.350. The van der Waals surface area contributed by atoms with Gasteiger partial charge in [-0.15, -0.1) is 0 Å². The predicted octanol–water partition coefficient (Wildman–Crippen LogP) is 3.57. The Morgan fingerprint density at radius 2 is 1.96 bits per heavy atom. The molecule has 0 aliphatic carbocycles. The topological polar surface area (TPSA) is 70.6 Å². The number of aliphatic hydroxyl groups excluding tert-OH is 1. The van der Waals surface area contributed by atoms with Crippen LogP contribution in [0.4, 0.5) is 10.5 Å². The van der Waals surface area contributed by atoms with Crippen molar-refractivity contribution >= 4 is 11.7 Å².